The molecule has 0 saturated heterocycles. The van der Waals surface area contributed by atoms with Crippen molar-refractivity contribution in [3.63, 3.8) is 0 Å². The zero-order valence-electron chi connectivity index (χ0n) is 21.3. The fourth-order valence-electron chi connectivity index (χ4n) is 4.01. The van der Waals surface area contributed by atoms with Crippen molar-refractivity contribution in [1.29, 1.82) is 0 Å². The van der Waals surface area contributed by atoms with Gasteiger partial charge < -0.3 is 4.74 Å². The summed E-state index contributed by atoms with van der Waals surface area (Å²) in [4.78, 5) is 12.9. The van der Waals surface area contributed by atoms with Crippen molar-refractivity contribution < 1.29 is 17.9 Å². The number of carbonyl (C=O) groups is 1. The van der Waals surface area contributed by atoms with Crippen LogP contribution >= 0.6 is 0 Å². The van der Waals surface area contributed by atoms with Gasteiger partial charge in [-0.1, -0.05) is 62.4 Å². The van der Waals surface area contributed by atoms with Crippen molar-refractivity contribution in [1.82, 2.24) is 5.43 Å². The second-order valence-electron chi connectivity index (χ2n) is 9.39. The van der Waals surface area contributed by atoms with E-state index in [1.54, 1.807) is 24.3 Å². The fourth-order valence-corrected chi connectivity index (χ4v) is 5.18. The van der Waals surface area contributed by atoms with Crippen LogP contribution in [0, 0.1) is 0 Å². The first-order chi connectivity index (χ1) is 17.0. The molecule has 7 nitrogen and oxygen atoms in total. The van der Waals surface area contributed by atoms with Crippen molar-refractivity contribution in [2.24, 2.45) is 5.10 Å². The topological polar surface area (TPSA) is 88.1 Å². The van der Waals surface area contributed by atoms with Crippen molar-refractivity contribution in [3.8, 4) is 11.5 Å². The number of hydrogen-bond donors (Lipinski definition) is 1. The van der Waals surface area contributed by atoms with E-state index in [1.165, 1.54) is 12.5 Å². The van der Waals surface area contributed by atoms with E-state index in [2.05, 4.69) is 36.5 Å². The Bertz CT molecular complexity index is 1290. The van der Waals surface area contributed by atoms with Gasteiger partial charge in [0.05, 0.1) is 11.9 Å². The summed E-state index contributed by atoms with van der Waals surface area (Å²) in [6.45, 7) is 7.60. The fraction of sp³-hybridized carbons (Fsp3) is 0.286. The smallest absolute Gasteiger partial charge is 0.263 e. The van der Waals surface area contributed by atoms with Crippen LogP contribution in [0.1, 0.15) is 39.7 Å². The number of hydrazone groups is 1. The van der Waals surface area contributed by atoms with Gasteiger partial charge in [0.15, 0.2) is 0 Å². The summed E-state index contributed by atoms with van der Waals surface area (Å²) in [5.74, 6) is 0.695. The number of rotatable bonds is 10. The highest BCUT2D eigenvalue weighted by Gasteiger charge is 2.29. The molecule has 190 valence electrons. The molecule has 0 fully saturated rings. The number of para-hydroxylation sites is 1. The highest BCUT2D eigenvalue weighted by molar-refractivity contribution is 7.92. The molecule has 0 aliphatic heterocycles. The van der Waals surface area contributed by atoms with E-state index in [9.17, 15) is 13.2 Å². The molecule has 0 saturated carbocycles. The van der Waals surface area contributed by atoms with Crippen LogP contribution in [0.5, 0.6) is 11.5 Å². The lowest BCUT2D eigenvalue weighted by Gasteiger charge is -2.28. The summed E-state index contributed by atoms with van der Waals surface area (Å²) in [5.41, 5.74) is 4.62. The Morgan fingerprint density at radius 2 is 1.47 bits per heavy atom. The van der Waals surface area contributed by atoms with E-state index in [0.29, 0.717) is 23.6 Å². The minimum Gasteiger partial charge on any atom is -0.457 e. The van der Waals surface area contributed by atoms with E-state index < -0.39 is 22.0 Å². The van der Waals surface area contributed by atoms with Crippen LogP contribution < -0.4 is 14.5 Å². The Morgan fingerprint density at radius 1 is 0.944 bits per heavy atom. The maximum atomic E-state index is 12.9. The van der Waals surface area contributed by atoms with E-state index >= 15 is 0 Å². The molecule has 0 bridgehead atoms. The molecule has 8 heteroatoms. The summed E-state index contributed by atoms with van der Waals surface area (Å²) in [6, 6.07) is 24.9. The number of benzene rings is 3. The first kappa shape index (κ1) is 26.9. The summed E-state index contributed by atoms with van der Waals surface area (Å²) in [6.07, 6.45) is 1.70. The zero-order chi connectivity index (χ0) is 26.3. The van der Waals surface area contributed by atoms with Gasteiger partial charge in [-0.15, -0.1) is 0 Å². The van der Waals surface area contributed by atoms with Crippen LogP contribution in [0.15, 0.2) is 90.0 Å². The number of amides is 1. The Hall–Kier alpha value is -3.65. The Morgan fingerprint density at radius 3 is 2.03 bits per heavy atom. The molecule has 0 unspecified atom stereocenters. The molecule has 0 spiro atoms. The molecule has 3 aromatic carbocycles. The number of sulfonamides is 1. The van der Waals surface area contributed by atoms with Crippen LogP contribution in [-0.2, 0) is 20.2 Å². The lowest BCUT2D eigenvalue weighted by atomic mass is 9.80. The highest BCUT2D eigenvalue weighted by atomic mass is 32.2. The van der Waals surface area contributed by atoms with Gasteiger partial charge in [0.1, 0.15) is 17.5 Å². The third-order valence-corrected chi connectivity index (χ3v) is 7.01. The third-order valence-electron chi connectivity index (χ3n) is 5.77. The van der Waals surface area contributed by atoms with Crippen LogP contribution in [-0.4, -0.2) is 32.3 Å². The van der Waals surface area contributed by atoms with E-state index in [1.807, 2.05) is 55.5 Å². The first-order valence-electron chi connectivity index (χ1n) is 11.7. The largest absolute Gasteiger partial charge is 0.457 e. The molecule has 1 N–H and O–H groups in total. The highest BCUT2D eigenvalue weighted by Crippen LogP contribution is 2.28. The second kappa shape index (κ2) is 11.4. The van der Waals surface area contributed by atoms with Crippen LogP contribution in [0.25, 0.3) is 0 Å². The number of anilines is 1. The average Bonchev–Trinajstić information content (AvgIpc) is 2.84. The predicted octanol–water partition coefficient (Wildman–Crippen LogP) is 5.49. The molecular formula is C28H33N3O4S. The van der Waals surface area contributed by atoms with Gasteiger partial charge in [-0.3, -0.25) is 9.10 Å². The summed E-state index contributed by atoms with van der Waals surface area (Å²) in [7, 11) is -3.75. The zero-order valence-corrected chi connectivity index (χ0v) is 22.1. The van der Waals surface area contributed by atoms with E-state index in [4.69, 9.17) is 4.74 Å². The van der Waals surface area contributed by atoms with Gasteiger partial charge in [0.25, 0.3) is 5.91 Å². The number of nitrogens with zero attached hydrogens (tertiary/aromatic N) is 2. The van der Waals surface area contributed by atoms with Gasteiger partial charge in [-0.2, -0.15) is 5.10 Å². The number of carbonyl (C=O) groups excluding carboxylic acids is 1. The molecule has 3 rings (SSSR count). The molecule has 1 amide bonds. The van der Waals surface area contributed by atoms with Crippen molar-refractivity contribution in [2.45, 2.75) is 45.6 Å². The molecular weight excluding hydrogens is 474 g/mol. The number of ether oxygens (including phenoxy) is 1. The Kier molecular flexibility index (Phi) is 8.53. The van der Waals surface area contributed by atoms with Gasteiger partial charge >= 0.3 is 0 Å². The lowest BCUT2D eigenvalue weighted by Crippen LogP contribution is -2.47. The number of hydrogen-bond acceptors (Lipinski definition) is 5. The summed E-state index contributed by atoms with van der Waals surface area (Å²) in [5, 5.41) is 4.25. The van der Waals surface area contributed by atoms with Crippen molar-refractivity contribution in [3.05, 3.63) is 90.5 Å². The Balaban J connectivity index is 1.71. The van der Waals surface area contributed by atoms with E-state index in [0.717, 1.165) is 16.3 Å². The van der Waals surface area contributed by atoms with Crippen molar-refractivity contribution >= 4 is 27.3 Å². The van der Waals surface area contributed by atoms with Gasteiger partial charge in [0.2, 0.25) is 10.0 Å². The van der Waals surface area contributed by atoms with E-state index in [-0.39, 0.29) is 5.41 Å². The molecule has 0 heterocycles. The van der Waals surface area contributed by atoms with Crippen LogP contribution in [0.2, 0.25) is 0 Å². The minimum atomic E-state index is -3.75. The standard InChI is InChI=1S/C28H33N3O4S/c1-21(20-28(3,4)23-12-8-6-9-13-23)29-30-27(32)22(2)31(36(5,33)34)24-16-18-26(19-17-24)35-25-14-10-7-11-15-25/h6-19,22H,20H2,1-5H3,(H,30,32)/b29-21-/t22-/m0/s1. The minimum absolute atomic E-state index is 0.173. The normalized spacial score (nSPS) is 13.1. The SMILES string of the molecule is C/C(CC(C)(C)c1ccccc1)=N/NC(=O)[C@H](C)N(c1ccc(Oc2ccccc2)cc1)S(C)(=O)=O. The summed E-state index contributed by atoms with van der Waals surface area (Å²) >= 11 is 0. The van der Waals surface area contributed by atoms with Gasteiger partial charge in [-0.05, 0) is 67.6 Å². The predicted molar refractivity (Wildman–Crippen MR) is 145 cm³/mol. The van der Waals surface area contributed by atoms with Crippen LogP contribution in [0.4, 0.5) is 5.69 Å². The molecule has 0 aromatic heterocycles. The van der Waals surface area contributed by atoms with Gasteiger partial charge in [0, 0.05) is 5.71 Å². The number of nitrogens with one attached hydrogen (secondary N) is 1. The quantitative estimate of drug-likeness (QED) is 0.290. The molecule has 0 aliphatic carbocycles. The maximum absolute atomic E-state index is 12.9. The third kappa shape index (κ3) is 7.18. The first-order valence-corrected chi connectivity index (χ1v) is 13.5. The molecule has 0 radical (unpaired) electrons. The molecule has 1 atom stereocenters. The Labute approximate surface area is 213 Å². The molecule has 0 aliphatic rings. The monoisotopic (exact) mass is 507 g/mol. The maximum Gasteiger partial charge on any atom is 0.263 e. The average molecular weight is 508 g/mol. The molecule has 36 heavy (non-hydrogen) atoms. The lowest BCUT2D eigenvalue weighted by molar-refractivity contribution is -0.121. The van der Waals surface area contributed by atoms with Crippen molar-refractivity contribution in [2.75, 3.05) is 10.6 Å². The second-order valence-corrected chi connectivity index (χ2v) is 11.3. The van der Waals surface area contributed by atoms with Crippen LogP contribution in [0.3, 0.4) is 0 Å². The molecule has 3 aromatic rings. The summed E-state index contributed by atoms with van der Waals surface area (Å²) < 4.78 is 32.1. The van der Waals surface area contributed by atoms with Gasteiger partial charge in [-0.25, -0.2) is 13.8 Å².